The summed E-state index contributed by atoms with van der Waals surface area (Å²) >= 11 is 0. The molecule has 9 heteroatoms. The van der Waals surface area contributed by atoms with Crippen LogP contribution in [-0.2, 0) is 4.74 Å². The van der Waals surface area contributed by atoms with Crippen LogP contribution in [0.25, 0.3) is 22.4 Å². The molecule has 33 heavy (non-hydrogen) atoms. The van der Waals surface area contributed by atoms with Gasteiger partial charge in [-0.15, -0.1) is 0 Å². The van der Waals surface area contributed by atoms with Crippen LogP contribution in [0.3, 0.4) is 0 Å². The Labute approximate surface area is 188 Å². The number of esters is 1. The van der Waals surface area contributed by atoms with Crippen LogP contribution in [0, 0.1) is 12.7 Å². The maximum atomic E-state index is 13.5. The Bertz CT molecular complexity index is 1380. The monoisotopic (exact) mass is 450 g/mol. The van der Waals surface area contributed by atoms with Crippen LogP contribution in [0.2, 0.25) is 0 Å². The van der Waals surface area contributed by atoms with Crippen LogP contribution in [0.5, 0.6) is 0 Å². The van der Waals surface area contributed by atoms with Crippen molar-refractivity contribution in [3.05, 3.63) is 81.5 Å². The lowest BCUT2D eigenvalue weighted by Crippen LogP contribution is -2.17. The largest absolute Gasteiger partial charge is 0.462 e. The molecule has 0 aliphatic rings. The van der Waals surface area contributed by atoms with Crippen molar-refractivity contribution in [3.8, 4) is 11.4 Å². The summed E-state index contributed by atoms with van der Waals surface area (Å²) < 4.78 is 18.5. The lowest BCUT2D eigenvalue weighted by atomic mass is 10.1. The number of halogens is 1. The molecule has 0 aliphatic heterocycles. The molecule has 0 aliphatic carbocycles. The molecular formula is C24H23FN4O4. The summed E-state index contributed by atoms with van der Waals surface area (Å²) in [5, 5.41) is 13.5. The van der Waals surface area contributed by atoms with Gasteiger partial charge in [0.2, 0.25) is 0 Å². The summed E-state index contributed by atoms with van der Waals surface area (Å²) in [4.78, 5) is 35.1. The number of nitrogens with zero attached hydrogens (tertiary/aromatic N) is 1. The average Bonchev–Trinajstić information content (AvgIpc) is 3.22. The molecule has 2 heterocycles. The Balaban J connectivity index is 1.67. The van der Waals surface area contributed by atoms with Gasteiger partial charge in [-0.3, -0.25) is 4.79 Å². The molecule has 0 fully saturated rings. The van der Waals surface area contributed by atoms with Gasteiger partial charge in [0.25, 0.3) is 5.56 Å². The Hall–Kier alpha value is -3.98. The number of carbonyl (C=O) groups is 1. The molecule has 4 rings (SSSR count). The van der Waals surface area contributed by atoms with Gasteiger partial charge >= 0.3 is 5.97 Å². The molecule has 0 saturated carbocycles. The van der Waals surface area contributed by atoms with Crippen molar-refractivity contribution in [2.24, 2.45) is 0 Å². The molecule has 2 aromatic carbocycles. The van der Waals surface area contributed by atoms with Crippen molar-refractivity contribution in [2.45, 2.75) is 20.0 Å². The smallest absolute Gasteiger partial charge is 0.338 e. The zero-order chi connectivity index (χ0) is 23.5. The number of anilines is 1. The minimum Gasteiger partial charge on any atom is -0.462 e. The number of hydrogen-bond donors (Lipinski definition) is 4. The first-order valence-corrected chi connectivity index (χ1v) is 10.4. The van der Waals surface area contributed by atoms with Crippen molar-refractivity contribution in [1.29, 1.82) is 0 Å². The summed E-state index contributed by atoms with van der Waals surface area (Å²) in [6.07, 6.45) is 0.494. The van der Waals surface area contributed by atoms with Crippen LogP contribution in [0.4, 0.5) is 10.1 Å². The van der Waals surface area contributed by atoms with E-state index in [0.717, 1.165) is 5.56 Å². The van der Waals surface area contributed by atoms with Crippen molar-refractivity contribution >= 4 is 22.7 Å². The molecule has 1 unspecified atom stereocenters. The van der Waals surface area contributed by atoms with Crippen LogP contribution in [0.15, 0.2) is 53.5 Å². The molecule has 0 radical (unpaired) electrons. The van der Waals surface area contributed by atoms with Gasteiger partial charge in [-0.1, -0.05) is 12.1 Å². The van der Waals surface area contributed by atoms with Crippen LogP contribution in [-0.4, -0.2) is 39.2 Å². The number of carbonyl (C=O) groups excluding carboxylic acids is 1. The Kier molecular flexibility index (Phi) is 6.23. The number of rotatable bonds is 7. The van der Waals surface area contributed by atoms with E-state index < -0.39 is 17.9 Å². The van der Waals surface area contributed by atoms with Crippen LogP contribution >= 0.6 is 0 Å². The number of aryl methyl sites for hydroxylation is 1. The van der Waals surface area contributed by atoms with Gasteiger partial charge in [0.1, 0.15) is 17.2 Å². The SMILES string of the molecule is CCOC(=O)c1cc(C)c2nc(-c3c(NCC(O)c4cccc(F)c4)cc[nH]c3=O)[nH]c2c1. The highest BCUT2D eigenvalue weighted by atomic mass is 19.1. The molecule has 0 spiro atoms. The minimum atomic E-state index is -0.988. The van der Waals surface area contributed by atoms with Gasteiger partial charge in [0.05, 0.1) is 35.0 Å². The number of ether oxygens (including phenoxy) is 1. The predicted octanol–water partition coefficient (Wildman–Crippen LogP) is 3.69. The molecule has 0 saturated heterocycles. The van der Waals surface area contributed by atoms with E-state index in [2.05, 4.69) is 20.3 Å². The van der Waals surface area contributed by atoms with Gasteiger partial charge in [-0.05, 0) is 55.3 Å². The lowest BCUT2D eigenvalue weighted by Gasteiger charge is -2.15. The normalized spacial score (nSPS) is 12.0. The quantitative estimate of drug-likeness (QED) is 0.319. The highest BCUT2D eigenvalue weighted by Crippen LogP contribution is 2.27. The number of imidazole rings is 1. The maximum Gasteiger partial charge on any atom is 0.338 e. The number of H-pyrrole nitrogens is 2. The Morgan fingerprint density at radius 2 is 2.09 bits per heavy atom. The second-order valence-corrected chi connectivity index (χ2v) is 7.54. The predicted molar refractivity (Wildman–Crippen MR) is 123 cm³/mol. The van der Waals surface area contributed by atoms with E-state index in [9.17, 15) is 19.1 Å². The van der Waals surface area contributed by atoms with Crippen molar-refractivity contribution in [3.63, 3.8) is 0 Å². The molecule has 1 atom stereocenters. The first kappa shape index (κ1) is 22.2. The molecule has 8 nitrogen and oxygen atoms in total. The summed E-state index contributed by atoms with van der Waals surface area (Å²) in [6, 6.07) is 10.7. The Morgan fingerprint density at radius 1 is 1.27 bits per heavy atom. The van der Waals surface area contributed by atoms with E-state index >= 15 is 0 Å². The van der Waals surface area contributed by atoms with E-state index in [1.807, 2.05) is 6.92 Å². The van der Waals surface area contributed by atoms with Crippen LogP contribution in [0.1, 0.15) is 34.5 Å². The minimum absolute atomic E-state index is 0.0478. The standard InChI is InChI=1S/C24H23FN4O4/c1-3-33-24(32)15-9-13(2)21-18(11-15)28-22(29-21)20-17(7-8-26-23(20)31)27-12-19(30)14-5-4-6-16(25)10-14/h4-11,19,30H,3,12H2,1-2H3,(H,28,29)(H2,26,27,31). The van der Waals surface area contributed by atoms with Gasteiger partial charge in [0, 0.05) is 12.7 Å². The number of hydrogen-bond acceptors (Lipinski definition) is 6. The number of aliphatic hydroxyl groups excluding tert-OH is 1. The number of benzene rings is 2. The zero-order valence-corrected chi connectivity index (χ0v) is 18.1. The number of fused-ring (bicyclic) bond motifs is 1. The molecule has 4 aromatic rings. The molecule has 4 N–H and O–H groups in total. The first-order chi connectivity index (χ1) is 15.9. The van der Waals surface area contributed by atoms with Crippen molar-refractivity contribution in [1.82, 2.24) is 15.0 Å². The molecule has 0 amide bonds. The number of aliphatic hydroxyl groups is 1. The fourth-order valence-electron chi connectivity index (χ4n) is 3.64. The van der Waals surface area contributed by atoms with Crippen LogP contribution < -0.4 is 10.9 Å². The second kappa shape index (κ2) is 9.25. The zero-order valence-electron chi connectivity index (χ0n) is 18.1. The molecule has 170 valence electrons. The number of nitrogens with one attached hydrogen (secondary N) is 3. The average molecular weight is 450 g/mol. The highest BCUT2D eigenvalue weighted by Gasteiger charge is 2.18. The molecule has 2 aromatic heterocycles. The summed E-state index contributed by atoms with van der Waals surface area (Å²) in [7, 11) is 0. The summed E-state index contributed by atoms with van der Waals surface area (Å²) in [5.41, 5.74) is 3.06. The van der Waals surface area contributed by atoms with E-state index in [1.54, 1.807) is 31.2 Å². The van der Waals surface area contributed by atoms with E-state index in [0.29, 0.717) is 33.7 Å². The lowest BCUT2D eigenvalue weighted by molar-refractivity contribution is 0.0526. The molecular weight excluding hydrogens is 427 g/mol. The third kappa shape index (κ3) is 4.63. The Morgan fingerprint density at radius 3 is 2.85 bits per heavy atom. The fourth-order valence-corrected chi connectivity index (χ4v) is 3.64. The van der Waals surface area contributed by atoms with Gasteiger partial charge < -0.3 is 25.1 Å². The summed E-state index contributed by atoms with van der Waals surface area (Å²) in [6.45, 7) is 3.87. The van der Waals surface area contributed by atoms with E-state index in [-0.39, 0.29) is 24.3 Å². The van der Waals surface area contributed by atoms with E-state index in [4.69, 9.17) is 4.74 Å². The van der Waals surface area contributed by atoms with Crippen molar-refractivity contribution < 1.29 is 19.0 Å². The first-order valence-electron chi connectivity index (χ1n) is 10.4. The van der Waals surface area contributed by atoms with E-state index in [1.165, 1.54) is 24.4 Å². The number of pyridine rings is 1. The number of aromatic amines is 2. The highest BCUT2D eigenvalue weighted by molar-refractivity contribution is 5.95. The summed E-state index contributed by atoms with van der Waals surface area (Å²) in [5.74, 6) is -0.577. The van der Waals surface area contributed by atoms with Gasteiger partial charge in [0.15, 0.2) is 0 Å². The van der Waals surface area contributed by atoms with Gasteiger partial charge in [-0.2, -0.15) is 0 Å². The topological polar surface area (TPSA) is 120 Å². The number of aromatic nitrogens is 3. The maximum absolute atomic E-state index is 13.5. The third-order valence-electron chi connectivity index (χ3n) is 5.21. The second-order valence-electron chi connectivity index (χ2n) is 7.54. The van der Waals surface area contributed by atoms with Gasteiger partial charge in [-0.25, -0.2) is 14.2 Å². The molecule has 0 bridgehead atoms. The third-order valence-corrected chi connectivity index (χ3v) is 5.21. The van der Waals surface area contributed by atoms with Crippen molar-refractivity contribution in [2.75, 3.05) is 18.5 Å². The fraction of sp³-hybridized carbons (Fsp3) is 0.208.